The maximum absolute atomic E-state index is 12.3. The van der Waals surface area contributed by atoms with Gasteiger partial charge >= 0.3 is 0 Å². The molecule has 3 rings (SSSR count). The number of anilines is 1. The molecule has 1 saturated heterocycles. The Kier molecular flexibility index (Phi) is 3.68. The first-order chi connectivity index (χ1) is 10.1. The molecule has 0 aliphatic carbocycles. The van der Waals surface area contributed by atoms with Crippen LogP contribution in [0.25, 0.3) is 10.9 Å². The van der Waals surface area contributed by atoms with Crippen LogP contribution in [0.4, 0.5) is 5.82 Å². The van der Waals surface area contributed by atoms with Gasteiger partial charge < -0.3 is 10.2 Å². The molecule has 2 atom stereocenters. The first-order valence-corrected chi connectivity index (χ1v) is 7.41. The van der Waals surface area contributed by atoms with Gasteiger partial charge in [0.2, 0.25) is 5.91 Å². The van der Waals surface area contributed by atoms with Gasteiger partial charge in [0.15, 0.2) is 0 Å². The van der Waals surface area contributed by atoms with Crippen molar-refractivity contribution in [3.8, 4) is 0 Å². The van der Waals surface area contributed by atoms with Gasteiger partial charge in [-0.25, -0.2) is 9.97 Å². The number of hydrogen-bond acceptors (Lipinski definition) is 4. The number of halogens is 1. The topological polar surface area (TPSA) is 58.1 Å². The minimum atomic E-state index is -0.318. The Morgan fingerprint density at radius 2 is 2.29 bits per heavy atom. The Labute approximate surface area is 128 Å². The van der Waals surface area contributed by atoms with E-state index in [0.29, 0.717) is 16.9 Å². The van der Waals surface area contributed by atoms with Gasteiger partial charge in [-0.2, -0.15) is 0 Å². The van der Waals surface area contributed by atoms with Crippen molar-refractivity contribution < 1.29 is 4.79 Å². The molecule has 2 aromatic rings. The second-order valence-corrected chi connectivity index (χ2v) is 5.86. The molecule has 0 radical (unpaired) electrons. The fourth-order valence-electron chi connectivity index (χ4n) is 2.50. The number of nitrogens with zero attached hydrogens (tertiary/aromatic N) is 3. The molecule has 5 nitrogen and oxygen atoms in total. The summed E-state index contributed by atoms with van der Waals surface area (Å²) in [5, 5.41) is 4.68. The summed E-state index contributed by atoms with van der Waals surface area (Å²) >= 11 is 5.97. The molecular weight excluding hydrogens is 288 g/mol. The molecule has 1 N–H and O–H groups in total. The molecule has 0 spiro atoms. The maximum Gasteiger partial charge on any atom is 0.245 e. The number of carbonyl (C=O) groups is 1. The van der Waals surface area contributed by atoms with Gasteiger partial charge in [-0.1, -0.05) is 11.6 Å². The van der Waals surface area contributed by atoms with Gasteiger partial charge in [0, 0.05) is 23.0 Å². The summed E-state index contributed by atoms with van der Waals surface area (Å²) in [5.41, 5.74) is 0.761. The van der Waals surface area contributed by atoms with Crippen LogP contribution in [-0.2, 0) is 4.79 Å². The van der Waals surface area contributed by atoms with E-state index in [4.69, 9.17) is 11.6 Å². The number of hydrogen-bond donors (Lipinski definition) is 1. The molecule has 0 saturated carbocycles. The molecule has 1 aromatic heterocycles. The van der Waals surface area contributed by atoms with Crippen molar-refractivity contribution in [3.63, 3.8) is 0 Å². The smallest absolute Gasteiger partial charge is 0.245 e. The highest BCUT2D eigenvalue weighted by molar-refractivity contribution is 6.31. The van der Waals surface area contributed by atoms with Crippen LogP contribution < -0.4 is 5.32 Å². The summed E-state index contributed by atoms with van der Waals surface area (Å²) in [7, 11) is 0. The van der Waals surface area contributed by atoms with E-state index < -0.39 is 0 Å². The number of benzene rings is 1. The number of aromatic nitrogens is 2. The molecular formula is C15H17ClN4O. The predicted molar refractivity (Wildman–Crippen MR) is 83.4 cm³/mol. The van der Waals surface area contributed by atoms with E-state index in [-0.39, 0.29) is 11.9 Å². The zero-order valence-corrected chi connectivity index (χ0v) is 12.8. The van der Waals surface area contributed by atoms with Crippen molar-refractivity contribution in [1.82, 2.24) is 14.9 Å². The Balaban J connectivity index is 1.83. The number of nitrogens with one attached hydrogen (secondary N) is 1. The lowest BCUT2D eigenvalue weighted by Gasteiger charge is -2.40. The van der Waals surface area contributed by atoms with E-state index >= 15 is 0 Å². The average Bonchev–Trinajstić information content (AvgIpc) is 2.45. The van der Waals surface area contributed by atoms with Crippen molar-refractivity contribution in [2.24, 2.45) is 0 Å². The largest absolute Gasteiger partial charge is 0.358 e. The summed E-state index contributed by atoms with van der Waals surface area (Å²) in [5.74, 6) is 0.764. The predicted octanol–water partition coefficient (Wildman–Crippen LogP) is 2.70. The normalized spacial score (nSPS) is 19.2. The maximum atomic E-state index is 12.3. The molecule has 6 heteroatoms. The second-order valence-electron chi connectivity index (χ2n) is 5.42. The number of amides is 1. The Morgan fingerprint density at radius 1 is 1.48 bits per heavy atom. The lowest BCUT2D eigenvalue weighted by molar-refractivity contribution is -0.138. The van der Waals surface area contributed by atoms with Crippen molar-refractivity contribution in [1.29, 1.82) is 0 Å². The van der Waals surface area contributed by atoms with Gasteiger partial charge in [-0.05, 0) is 38.5 Å². The number of carbonyl (C=O) groups excluding carboxylic acids is 1. The first kappa shape index (κ1) is 14.1. The molecule has 1 fully saturated rings. The quantitative estimate of drug-likeness (QED) is 0.947. The minimum Gasteiger partial charge on any atom is -0.358 e. The molecule has 0 unspecified atom stereocenters. The summed E-state index contributed by atoms with van der Waals surface area (Å²) in [4.78, 5) is 22.7. The third kappa shape index (κ3) is 2.65. The third-order valence-electron chi connectivity index (χ3n) is 3.93. The highest BCUT2D eigenvalue weighted by Gasteiger charge is 2.31. The summed E-state index contributed by atoms with van der Waals surface area (Å²) in [6.45, 7) is 4.76. The summed E-state index contributed by atoms with van der Waals surface area (Å²) in [6, 6.07) is 5.46. The lowest BCUT2D eigenvalue weighted by atomic mass is 10.0. The fraction of sp³-hybridized carbons (Fsp3) is 0.400. The zero-order chi connectivity index (χ0) is 15.0. The third-order valence-corrected chi connectivity index (χ3v) is 4.16. The summed E-state index contributed by atoms with van der Waals surface area (Å²) in [6.07, 6.45) is 2.55. The van der Waals surface area contributed by atoms with Crippen LogP contribution in [0.3, 0.4) is 0 Å². The van der Waals surface area contributed by atoms with E-state index in [1.54, 1.807) is 12.1 Å². The molecule has 1 amide bonds. The average molecular weight is 305 g/mol. The van der Waals surface area contributed by atoms with Crippen LogP contribution in [0.1, 0.15) is 20.3 Å². The Hall–Kier alpha value is -1.88. The standard InChI is InChI=1S/C15H17ClN4O/c1-9-5-6-20(9)15(21)10(2)19-14-12-4-3-11(16)7-13(12)17-8-18-14/h3-4,7-10H,5-6H2,1-2H3,(H,17,18,19)/t9-,10+/m0/s1. The zero-order valence-electron chi connectivity index (χ0n) is 12.0. The minimum absolute atomic E-state index is 0.106. The van der Waals surface area contributed by atoms with Crippen molar-refractivity contribution >= 4 is 34.2 Å². The van der Waals surface area contributed by atoms with Crippen LogP contribution in [-0.4, -0.2) is 39.4 Å². The van der Waals surface area contributed by atoms with E-state index in [2.05, 4.69) is 22.2 Å². The Morgan fingerprint density at radius 3 is 2.95 bits per heavy atom. The molecule has 21 heavy (non-hydrogen) atoms. The van der Waals surface area contributed by atoms with Gasteiger partial charge in [-0.3, -0.25) is 4.79 Å². The van der Waals surface area contributed by atoms with Gasteiger partial charge in [0.25, 0.3) is 0 Å². The number of fused-ring (bicyclic) bond motifs is 1. The van der Waals surface area contributed by atoms with Crippen LogP contribution in [0.15, 0.2) is 24.5 Å². The molecule has 1 aliphatic rings. The highest BCUT2D eigenvalue weighted by atomic mass is 35.5. The van der Waals surface area contributed by atoms with Crippen LogP contribution in [0.2, 0.25) is 5.02 Å². The second kappa shape index (κ2) is 5.48. The van der Waals surface area contributed by atoms with Crippen molar-refractivity contribution in [2.45, 2.75) is 32.4 Å². The number of likely N-dealkylation sites (tertiary alicyclic amines) is 1. The molecule has 1 aromatic carbocycles. The fourth-order valence-corrected chi connectivity index (χ4v) is 2.67. The monoisotopic (exact) mass is 304 g/mol. The van der Waals surface area contributed by atoms with E-state index in [1.807, 2.05) is 17.9 Å². The van der Waals surface area contributed by atoms with Crippen molar-refractivity contribution in [3.05, 3.63) is 29.5 Å². The molecule has 1 aliphatic heterocycles. The van der Waals surface area contributed by atoms with Gasteiger partial charge in [0.1, 0.15) is 18.2 Å². The lowest BCUT2D eigenvalue weighted by Crippen LogP contribution is -2.53. The van der Waals surface area contributed by atoms with E-state index in [0.717, 1.165) is 23.9 Å². The highest BCUT2D eigenvalue weighted by Crippen LogP contribution is 2.24. The molecule has 0 bridgehead atoms. The van der Waals surface area contributed by atoms with Crippen molar-refractivity contribution in [2.75, 3.05) is 11.9 Å². The van der Waals surface area contributed by atoms with Gasteiger partial charge in [0.05, 0.1) is 5.52 Å². The van der Waals surface area contributed by atoms with E-state index in [1.165, 1.54) is 6.33 Å². The van der Waals surface area contributed by atoms with Crippen LogP contribution >= 0.6 is 11.6 Å². The van der Waals surface area contributed by atoms with Crippen LogP contribution in [0.5, 0.6) is 0 Å². The molecule has 2 heterocycles. The summed E-state index contributed by atoms with van der Waals surface area (Å²) < 4.78 is 0. The Bertz CT molecular complexity index is 690. The first-order valence-electron chi connectivity index (χ1n) is 7.03. The van der Waals surface area contributed by atoms with E-state index in [9.17, 15) is 4.79 Å². The number of rotatable bonds is 3. The van der Waals surface area contributed by atoms with Gasteiger partial charge in [-0.15, -0.1) is 0 Å². The SMILES string of the molecule is C[C@@H](Nc1ncnc2cc(Cl)ccc12)C(=O)N1CC[C@@H]1C. The molecule has 110 valence electrons. The van der Waals surface area contributed by atoms with Crippen LogP contribution in [0, 0.1) is 0 Å².